The van der Waals surface area contributed by atoms with Crippen molar-refractivity contribution >= 4 is 0 Å². The van der Waals surface area contributed by atoms with Crippen molar-refractivity contribution in [3.8, 4) is 0 Å². The van der Waals surface area contributed by atoms with Gasteiger partial charge in [-0.3, -0.25) is 0 Å². The molecular weight excluding hydrogens is 238 g/mol. The van der Waals surface area contributed by atoms with Crippen LogP contribution in [0.5, 0.6) is 0 Å². The third-order valence-electron chi connectivity index (χ3n) is 3.97. The predicted molar refractivity (Wildman–Crippen MR) is 77.1 cm³/mol. The molecule has 2 rings (SSSR count). The molecule has 1 aliphatic carbocycles. The van der Waals surface area contributed by atoms with E-state index in [1.54, 1.807) is 0 Å². The first kappa shape index (κ1) is 14.5. The normalized spacial score (nSPS) is 24.3. The first-order valence-corrected chi connectivity index (χ1v) is 7.23. The highest BCUT2D eigenvalue weighted by Crippen LogP contribution is 2.26. The van der Waals surface area contributed by atoms with Crippen molar-refractivity contribution in [1.82, 2.24) is 5.32 Å². The van der Waals surface area contributed by atoms with Gasteiger partial charge in [0.05, 0.1) is 12.2 Å². The minimum absolute atomic E-state index is 0.0969. The fraction of sp³-hybridized carbons (Fsp3) is 0.625. The Morgan fingerprint density at radius 1 is 1.16 bits per heavy atom. The average Bonchev–Trinajstić information content (AvgIpc) is 2.36. The Hall–Kier alpha value is -0.900. The summed E-state index contributed by atoms with van der Waals surface area (Å²) in [6.45, 7) is 5.80. The Balaban J connectivity index is 1.74. The van der Waals surface area contributed by atoms with Crippen molar-refractivity contribution in [2.45, 2.75) is 44.8 Å². The molecule has 1 aromatic carbocycles. The molecule has 19 heavy (non-hydrogen) atoms. The summed E-state index contributed by atoms with van der Waals surface area (Å²) in [7, 11) is 0. The van der Waals surface area contributed by atoms with Crippen LogP contribution >= 0.6 is 0 Å². The number of rotatable bonds is 6. The summed E-state index contributed by atoms with van der Waals surface area (Å²) in [5.74, 6) is 1.10. The van der Waals surface area contributed by atoms with Crippen LogP contribution in [0.2, 0.25) is 0 Å². The van der Waals surface area contributed by atoms with Crippen LogP contribution in [-0.2, 0) is 0 Å². The highest BCUT2D eigenvalue weighted by atomic mass is 16.3. The molecule has 1 atom stereocenters. The molecule has 0 radical (unpaired) electrons. The van der Waals surface area contributed by atoms with Gasteiger partial charge in [0.25, 0.3) is 0 Å². The molecule has 0 aromatic heterocycles. The van der Waals surface area contributed by atoms with Gasteiger partial charge >= 0.3 is 0 Å². The topological polar surface area (TPSA) is 52.5 Å². The number of hydrogen-bond donors (Lipinski definition) is 3. The summed E-state index contributed by atoms with van der Waals surface area (Å²) in [6, 6.07) is 8.20. The summed E-state index contributed by atoms with van der Waals surface area (Å²) in [6.07, 6.45) is 1.24. The van der Waals surface area contributed by atoms with Gasteiger partial charge in [-0.2, -0.15) is 0 Å². The first-order valence-electron chi connectivity index (χ1n) is 7.23. The molecule has 1 unspecified atom stereocenters. The monoisotopic (exact) mass is 263 g/mol. The van der Waals surface area contributed by atoms with Gasteiger partial charge in [-0.25, -0.2) is 0 Å². The number of aliphatic hydroxyl groups excluding tert-OH is 2. The Morgan fingerprint density at radius 3 is 2.26 bits per heavy atom. The lowest BCUT2D eigenvalue weighted by Crippen LogP contribution is -2.37. The van der Waals surface area contributed by atoms with Gasteiger partial charge in [0.1, 0.15) is 0 Å². The van der Waals surface area contributed by atoms with E-state index in [2.05, 4.69) is 31.3 Å². The number of aliphatic hydroxyl groups is 2. The van der Waals surface area contributed by atoms with Crippen molar-refractivity contribution < 1.29 is 10.2 Å². The lowest BCUT2D eigenvalue weighted by atomic mass is 9.82. The summed E-state index contributed by atoms with van der Waals surface area (Å²) >= 11 is 0. The van der Waals surface area contributed by atoms with Crippen LogP contribution in [-0.4, -0.2) is 29.4 Å². The number of hydrogen-bond acceptors (Lipinski definition) is 3. The van der Waals surface area contributed by atoms with Gasteiger partial charge in [-0.05, 0) is 42.3 Å². The highest BCUT2D eigenvalue weighted by molar-refractivity contribution is 5.26. The van der Waals surface area contributed by atoms with Crippen LogP contribution in [0.3, 0.4) is 0 Å². The largest absolute Gasteiger partial charge is 0.393 e. The van der Waals surface area contributed by atoms with E-state index in [0.29, 0.717) is 18.4 Å². The van der Waals surface area contributed by atoms with Crippen LogP contribution in [0, 0.1) is 5.92 Å². The number of benzene rings is 1. The fourth-order valence-corrected chi connectivity index (χ4v) is 2.51. The average molecular weight is 263 g/mol. The van der Waals surface area contributed by atoms with E-state index in [-0.39, 0.29) is 6.10 Å². The smallest absolute Gasteiger partial charge is 0.0914 e. The molecule has 0 aliphatic heterocycles. The standard InChI is InChI=1S/C16H25NO2/c1-11(2)13-3-5-14(6-4-13)16(19)10-17-9-12-7-15(18)8-12/h3-6,11-12,15-19H,7-10H2,1-2H3. The quantitative estimate of drug-likeness (QED) is 0.737. The molecule has 0 saturated heterocycles. The van der Waals surface area contributed by atoms with E-state index in [1.165, 1.54) is 5.56 Å². The van der Waals surface area contributed by atoms with E-state index in [9.17, 15) is 10.2 Å². The second kappa shape index (κ2) is 6.51. The Kier molecular flexibility index (Phi) is 4.97. The molecule has 3 heteroatoms. The highest BCUT2D eigenvalue weighted by Gasteiger charge is 2.26. The molecule has 0 bridgehead atoms. The van der Waals surface area contributed by atoms with Gasteiger partial charge in [-0.1, -0.05) is 38.1 Å². The maximum Gasteiger partial charge on any atom is 0.0914 e. The molecule has 0 heterocycles. The molecule has 1 saturated carbocycles. The van der Waals surface area contributed by atoms with Gasteiger partial charge < -0.3 is 15.5 Å². The zero-order valence-corrected chi connectivity index (χ0v) is 11.8. The van der Waals surface area contributed by atoms with Crippen molar-refractivity contribution in [3.63, 3.8) is 0 Å². The molecule has 3 nitrogen and oxygen atoms in total. The summed E-state index contributed by atoms with van der Waals surface area (Å²) in [4.78, 5) is 0. The second-order valence-corrected chi connectivity index (χ2v) is 5.99. The third kappa shape index (κ3) is 4.03. The Morgan fingerprint density at radius 2 is 1.74 bits per heavy atom. The SMILES string of the molecule is CC(C)c1ccc(C(O)CNCC2CC(O)C2)cc1. The van der Waals surface area contributed by atoms with Gasteiger partial charge in [-0.15, -0.1) is 0 Å². The van der Waals surface area contributed by atoms with Crippen LogP contribution in [0.4, 0.5) is 0 Å². The van der Waals surface area contributed by atoms with Crippen molar-refractivity contribution in [2.75, 3.05) is 13.1 Å². The zero-order chi connectivity index (χ0) is 13.8. The van der Waals surface area contributed by atoms with E-state index < -0.39 is 6.10 Å². The van der Waals surface area contributed by atoms with Gasteiger partial charge in [0, 0.05) is 6.54 Å². The minimum Gasteiger partial charge on any atom is -0.393 e. The lowest BCUT2D eigenvalue weighted by Gasteiger charge is -2.31. The number of nitrogens with one attached hydrogen (secondary N) is 1. The van der Waals surface area contributed by atoms with Crippen molar-refractivity contribution in [2.24, 2.45) is 5.92 Å². The second-order valence-electron chi connectivity index (χ2n) is 5.99. The van der Waals surface area contributed by atoms with E-state index >= 15 is 0 Å². The summed E-state index contributed by atoms with van der Waals surface area (Å²) < 4.78 is 0. The van der Waals surface area contributed by atoms with Gasteiger partial charge in [0.15, 0.2) is 0 Å². The van der Waals surface area contributed by atoms with Gasteiger partial charge in [0.2, 0.25) is 0 Å². The van der Waals surface area contributed by atoms with Crippen LogP contribution < -0.4 is 5.32 Å². The predicted octanol–water partition coefficient (Wildman–Crippen LogP) is 2.20. The lowest BCUT2D eigenvalue weighted by molar-refractivity contribution is 0.0415. The summed E-state index contributed by atoms with van der Waals surface area (Å²) in [5, 5.41) is 22.6. The van der Waals surface area contributed by atoms with E-state index in [1.807, 2.05) is 12.1 Å². The van der Waals surface area contributed by atoms with E-state index in [4.69, 9.17) is 0 Å². The molecule has 3 N–H and O–H groups in total. The maximum atomic E-state index is 10.1. The van der Waals surface area contributed by atoms with E-state index in [0.717, 1.165) is 24.9 Å². The molecule has 0 spiro atoms. The fourth-order valence-electron chi connectivity index (χ4n) is 2.51. The maximum absolute atomic E-state index is 10.1. The Bertz CT molecular complexity index is 382. The van der Waals surface area contributed by atoms with Crippen molar-refractivity contribution in [3.05, 3.63) is 35.4 Å². The van der Waals surface area contributed by atoms with Crippen LogP contribution in [0.1, 0.15) is 49.8 Å². The molecule has 1 fully saturated rings. The minimum atomic E-state index is -0.453. The summed E-state index contributed by atoms with van der Waals surface area (Å²) in [5.41, 5.74) is 2.26. The zero-order valence-electron chi connectivity index (χ0n) is 11.8. The Labute approximate surface area is 115 Å². The van der Waals surface area contributed by atoms with Crippen molar-refractivity contribution in [1.29, 1.82) is 0 Å². The first-order chi connectivity index (χ1) is 9.06. The molecule has 1 aliphatic rings. The molecule has 1 aromatic rings. The van der Waals surface area contributed by atoms with Crippen LogP contribution in [0.15, 0.2) is 24.3 Å². The third-order valence-corrected chi connectivity index (χ3v) is 3.97. The molecule has 0 amide bonds. The molecule has 106 valence electrons. The van der Waals surface area contributed by atoms with Crippen LogP contribution in [0.25, 0.3) is 0 Å². The molecular formula is C16H25NO2.